The second-order valence-corrected chi connectivity index (χ2v) is 9.75. The Hall–Kier alpha value is -3.13. The van der Waals surface area contributed by atoms with Gasteiger partial charge in [-0.2, -0.15) is 0 Å². The Morgan fingerprint density at radius 3 is 2.31 bits per heavy atom. The summed E-state index contributed by atoms with van der Waals surface area (Å²) in [6.45, 7) is 3.71. The van der Waals surface area contributed by atoms with E-state index in [4.69, 9.17) is 44.6 Å². The molecule has 0 aliphatic rings. The summed E-state index contributed by atoms with van der Waals surface area (Å²) in [5.41, 5.74) is 1.75. The number of H-pyrrole nitrogens is 1. The minimum atomic E-state index is -1.31. The summed E-state index contributed by atoms with van der Waals surface area (Å²) in [5.74, 6) is -2.58. The highest BCUT2D eigenvalue weighted by Crippen LogP contribution is 2.39. The van der Waals surface area contributed by atoms with Crippen LogP contribution in [0.4, 0.5) is 8.78 Å². The molecule has 0 atom stereocenters. The zero-order valence-corrected chi connectivity index (χ0v) is 21.3. The molecular weight excluding hydrogens is 533 g/mol. The number of aromatic amines is 1. The number of rotatable bonds is 7. The van der Waals surface area contributed by atoms with Crippen LogP contribution in [0.1, 0.15) is 41.3 Å². The molecule has 10 heteroatoms. The Morgan fingerprint density at radius 1 is 1.00 bits per heavy atom. The maximum atomic E-state index is 14.5. The van der Waals surface area contributed by atoms with E-state index in [9.17, 15) is 13.6 Å². The van der Waals surface area contributed by atoms with Crippen LogP contribution in [0.25, 0.3) is 11.3 Å². The van der Waals surface area contributed by atoms with Crippen molar-refractivity contribution in [1.29, 1.82) is 0 Å². The van der Waals surface area contributed by atoms with Crippen molar-refractivity contribution >= 4 is 40.8 Å². The highest BCUT2D eigenvalue weighted by Gasteiger charge is 2.30. The highest BCUT2D eigenvalue weighted by atomic mass is 35.5. The molecule has 0 bridgehead atoms. The Labute approximate surface area is 220 Å². The second kappa shape index (κ2) is 10.1. The fraction of sp³-hybridized carbons (Fsp3) is 0.154. The Morgan fingerprint density at radius 2 is 1.69 bits per heavy atom. The third-order valence-corrected chi connectivity index (χ3v) is 6.76. The van der Waals surface area contributed by atoms with Gasteiger partial charge >= 0.3 is 5.97 Å². The molecule has 36 heavy (non-hydrogen) atoms. The molecule has 5 nitrogen and oxygen atoms in total. The van der Waals surface area contributed by atoms with Crippen LogP contribution in [-0.4, -0.2) is 21.0 Å². The van der Waals surface area contributed by atoms with Gasteiger partial charge in [0.1, 0.15) is 18.2 Å². The van der Waals surface area contributed by atoms with Crippen molar-refractivity contribution in [3.05, 3.63) is 104 Å². The van der Waals surface area contributed by atoms with Gasteiger partial charge in [0.2, 0.25) is 0 Å². The molecule has 4 aromatic rings. The SMILES string of the molecule is CC(C)(c1ccc(Cl)c(Cl)c1)c1[nH]c(COc2c(F)cc(C(=O)O)cc2Cl)nc1-c1ccc(F)cc1. The number of carboxylic acid groups (broad SMARTS) is 1. The Kier molecular flexibility index (Phi) is 7.27. The smallest absolute Gasteiger partial charge is 0.335 e. The van der Waals surface area contributed by atoms with Crippen LogP contribution in [-0.2, 0) is 12.0 Å². The van der Waals surface area contributed by atoms with E-state index in [1.807, 2.05) is 19.9 Å². The maximum Gasteiger partial charge on any atom is 0.335 e. The van der Waals surface area contributed by atoms with Crippen LogP contribution in [0.15, 0.2) is 54.6 Å². The van der Waals surface area contributed by atoms with Gasteiger partial charge in [0.25, 0.3) is 0 Å². The lowest BCUT2D eigenvalue weighted by atomic mass is 9.80. The largest absolute Gasteiger partial charge is 0.481 e. The van der Waals surface area contributed by atoms with E-state index in [0.717, 1.165) is 17.7 Å². The number of nitrogens with one attached hydrogen (secondary N) is 1. The summed E-state index contributed by atoms with van der Waals surface area (Å²) in [5, 5.41) is 9.70. The lowest BCUT2D eigenvalue weighted by molar-refractivity contribution is 0.0696. The standard InChI is InChI=1S/C26H19Cl3F2N2O3/c1-26(2,15-5-8-17(27)18(28)11-15)24-22(13-3-6-16(30)7-4-13)32-21(33-24)12-36-23-19(29)9-14(25(34)35)10-20(23)31/h3-11H,12H2,1-2H3,(H,32,33)(H,34,35). The van der Waals surface area contributed by atoms with E-state index in [1.54, 1.807) is 24.3 Å². The third-order valence-electron chi connectivity index (χ3n) is 5.74. The number of imidazole rings is 1. The zero-order chi connectivity index (χ0) is 26.2. The first-order chi connectivity index (χ1) is 17.0. The van der Waals surface area contributed by atoms with E-state index >= 15 is 0 Å². The van der Waals surface area contributed by atoms with Crippen LogP contribution in [0.5, 0.6) is 5.75 Å². The van der Waals surface area contributed by atoms with Crippen molar-refractivity contribution in [1.82, 2.24) is 9.97 Å². The molecule has 4 rings (SSSR count). The Bertz CT molecular complexity index is 1430. The number of aromatic carboxylic acids is 1. The van der Waals surface area contributed by atoms with Gasteiger partial charge in [-0.05, 0) is 54.1 Å². The molecule has 1 aromatic heterocycles. The summed E-state index contributed by atoms with van der Waals surface area (Å²) >= 11 is 18.4. The maximum absolute atomic E-state index is 14.5. The van der Waals surface area contributed by atoms with Crippen molar-refractivity contribution in [3.8, 4) is 17.0 Å². The van der Waals surface area contributed by atoms with E-state index < -0.39 is 23.0 Å². The van der Waals surface area contributed by atoms with Crippen LogP contribution in [0, 0.1) is 11.6 Å². The molecule has 0 aliphatic heterocycles. The first kappa shape index (κ1) is 25.9. The lowest BCUT2D eigenvalue weighted by Gasteiger charge is -2.26. The van der Waals surface area contributed by atoms with Crippen LogP contribution >= 0.6 is 34.8 Å². The summed E-state index contributed by atoms with van der Waals surface area (Å²) in [6, 6.07) is 13.1. The lowest BCUT2D eigenvalue weighted by Crippen LogP contribution is -2.20. The highest BCUT2D eigenvalue weighted by molar-refractivity contribution is 6.42. The summed E-state index contributed by atoms with van der Waals surface area (Å²) in [6.07, 6.45) is 0. The van der Waals surface area contributed by atoms with Gasteiger partial charge in [0.15, 0.2) is 11.6 Å². The minimum absolute atomic E-state index is 0.186. The van der Waals surface area contributed by atoms with E-state index in [-0.39, 0.29) is 22.9 Å². The molecule has 0 aliphatic carbocycles. The monoisotopic (exact) mass is 550 g/mol. The molecule has 0 spiro atoms. The normalized spacial score (nSPS) is 11.5. The summed E-state index contributed by atoms with van der Waals surface area (Å²) in [4.78, 5) is 19.0. The molecule has 2 N–H and O–H groups in total. The molecule has 0 saturated carbocycles. The van der Waals surface area contributed by atoms with Crippen molar-refractivity contribution < 1.29 is 23.4 Å². The van der Waals surface area contributed by atoms with Gasteiger partial charge in [-0.25, -0.2) is 18.6 Å². The number of carbonyl (C=O) groups is 1. The predicted molar refractivity (Wildman–Crippen MR) is 135 cm³/mol. The number of hydrogen-bond donors (Lipinski definition) is 2. The van der Waals surface area contributed by atoms with Crippen LogP contribution in [0.3, 0.4) is 0 Å². The first-order valence-corrected chi connectivity index (χ1v) is 11.8. The zero-order valence-electron chi connectivity index (χ0n) is 19.0. The average Bonchev–Trinajstić information content (AvgIpc) is 3.25. The third kappa shape index (κ3) is 5.19. The summed E-state index contributed by atoms with van der Waals surface area (Å²) < 4.78 is 33.6. The molecule has 186 valence electrons. The average molecular weight is 552 g/mol. The van der Waals surface area contributed by atoms with E-state index in [0.29, 0.717) is 32.8 Å². The van der Waals surface area contributed by atoms with Crippen molar-refractivity contribution in [3.63, 3.8) is 0 Å². The molecule has 1 heterocycles. The number of nitrogens with zero attached hydrogens (tertiary/aromatic N) is 1. The van der Waals surface area contributed by atoms with E-state index in [2.05, 4.69) is 9.97 Å². The fourth-order valence-corrected chi connectivity index (χ4v) is 4.31. The van der Waals surface area contributed by atoms with Gasteiger partial charge in [0, 0.05) is 11.0 Å². The van der Waals surface area contributed by atoms with Gasteiger partial charge in [0.05, 0.1) is 32.0 Å². The molecular formula is C26H19Cl3F2N2O3. The van der Waals surface area contributed by atoms with Crippen molar-refractivity contribution in [2.45, 2.75) is 25.9 Å². The second-order valence-electron chi connectivity index (χ2n) is 8.53. The first-order valence-electron chi connectivity index (χ1n) is 10.6. The molecule has 0 unspecified atom stereocenters. The Balaban J connectivity index is 1.74. The summed E-state index contributed by atoms with van der Waals surface area (Å²) in [7, 11) is 0. The number of carboxylic acids is 1. The van der Waals surface area contributed by atoms with Crippen LogP contribution in [0.2, 0.25) is 15.1 Å². The molecule has 0 radical (unpaired) electrons. The number of ether oxygens (including phenoxy) is 1. The number of hydrogen-bond acceptors (Lipinski definition) is 3. The van der Waals surface area contributed by atoms with Gasteiger partial charge in [-0.3, -0.25) is 0 Å². The van der Waals surface area contributed by atoms with Crippen molar-refractivity contribution in [2.24, 2.45) is 0 Å². The van der Waals surface area contributed by atoms with Crippen LogP contribution < -0.4 is 4.74 Å². The number of benzene rings is 3. The fourth-order valence-electron chi connectivity index (χ4n) is 3.75. The predicted octanol–water partition coefficient (Wildman–Crippen LogP) is 7.92. The number of halogens is 5. The minimum Gasteiger partial charge on any atom is -0.481 e. The van der Waals surface area contributed by atoms with Crippen molar-refractivity contribution in [2.75, 3.05) is 0 Å². The van der Waals surface area contributed by atoms with E-state index in [1.165, 1.54) is 12.1 Å². The topological polar surface area (TPSA) is 75.2 Å². The van der Waals surface area contributed by atoms with Gasteiger partial charge in [-0.15, -0.1) is 0 Å². The molecule has 0 saturated heterocycles. The van der Waals surface area contributed by atoms with Gasteiger partial charge < -0.3 is 14.8 Å². The molecule has 3 aromatic carbocycles. The quantitative estimate of drug-likeness (QED) is 0.245. The molecule has 0 fully saturated rings. The van der Waals surface area contributed by atoms with Gasteiger partial charge in [-0.1, -0.05) is 54.7 Å². The molecule has 0 amide bonds. The number of aromatic nitrogens is 2.